The first-order valence-electron chi connectivity index (χ1n) is 8.57. The van der Waals surface area contributed by atoms with E-state index in [9.17, 15) is 18.0 Å². The van der Waals surface area contributed by atoms with Crippen LogP contribution in [0.15, 0.2) is 29.2 Å². The van der Waals surface area contributed by atoms with Crippen LogP contribution >= 0.6 is 0 Å². The van der Waals surface area contributed by atoms with Gasteiger partial charge in [-0.3, -0.25) is 9.59 Å². The second-order valence-electron chi connectivity index (χ2n) is 6.78. The molecule has 0 spiro atoms. The lowest BCUT2D eigenvalue weighted by Gasteiger charge is -2.35. The number of nitrogens with zero attached hydrogens (tertiary/aromatic N) is 1. The van der Waals surface area contributed by atoms with E-state index in [2.05, 4.69) is 5.32 Å². The maximum atomic E-state index is 12.3. The molecule has 0 bridgehead atoms. The fourth-order valence-corrected chi connectivity index (χ4v) is 3.63. The monoisotopic (exact) mass is 382 g/mol. The SMILES string of the molecule is CC(NC(=O)c1ccc(S(N)(=O)=O)cc1)C1CCN(C(=O)[C@H](C)N)CC1. The van der Waals surface area contributed by atoms with E-state index in [1.165, 1.54) is 24.3 Å². The van der Waals surface area contributed by atoms with Crippen LogP contribution in [-0.4, -0.2) is 50.3 Å². The minimum atomic E-state index is -3.78. The van der Waals surface area contributed by atoms with Crippen molar-refractivity contribution in [1.29, 1.82) is 0 Å². The summed E-state index contributed by atoms with van der Waals surface area (Å²) in [4.78, 5) is 26.0. The van der Waals surface area contributed by atoms with E-state index in [1.807, 2.05) is 6.92 Å². The third kappa shape index (κ3) is 5.03. The minimum absolute atomic E-state index is 0.0340. The summed E-state index contributed by atoms with van der Waals surface area (Å²) < 4.78 is 22.5. The Bertz CT molecular complexity index is 753. The maximum absolute atomic E-state index is 12.3. The van der Waals surface area contributed by atoms with Crippen LogP contribution in [0.3, 0.4) is 0 Å². The van der Waals surface area contributed by atoms with Gasteiger partial charge in [-0.15, -0.1) is 0 Å². The molecule has 0 saturated carbocycles. The number of piperidine rings is 1. The number of nitrogens with two attached hydrogens (primary N) is 2. The van der Waals surface area contributed by atoms with Crippen LogP contribution in [0.5, 0.6) is 0 Å². The van der Waals surface area contributed by atoms with Gasteiger partial charge in [0.05, 0.1) is 10.9 Å². The van der Waals surface area contributed by atoms with E-state index in [1.54, 1.807) is 11.8 Å². The summed E-state index contributed by atoms with van der Waals surface area (Å²) in [5, 5.41) is 7.99. The van der Waals surface area contributed by atoms with Crippen molar-refractivity contribution < 1.29 is 18.0 Å². The van der Waals surface area contributed by atoms with Gasteiger partial charge in [-0.05, 0) is 56.9 Å². The van der Waals surface area contributed by atoms with Gasteiger partial charge < -0.3 is 16.0 Å². The Morgan fingerprint density at radius 1 is 1.15 bits per heavy atom. The van der Waals surface area contributed by atoms with Gasteiger partial charge in [-0.2, -0.15) is 0 Å². The molecule has 0 aromatic heterocycles. The number of carbonyl (C=O) groups is 2. The largest absolute Gasteiger partial charge is 0.349 e. The van der Waals surface area contributed by atoms with Crippen LogP contribution in [-0.2, 0) is 14.8 Å². The van der Waals surface area contributed by atoms with Crippen molar-refractivity contribution in [2.24, 2.45) is 16.8 Å². The molecule has 9 heteroatoms. The fourth-order valence-electron chi connectivity index (χ4n) is 3.11. The van der Waals surface area contributed by atoms with E-state index in [0.717, 1.165) is 12.8 Å². The fraction of sp³-hybridized carbons (Fsp3) is 0.529. The van der Waals surface area contributed by atoms with E-state index >= 15 is 0 Å². The summed E-state index contributed by atoms with van der Waals surface area (Å²) in [5.41, 5.74) is 6.00. The summed E-state index contributed by atoms with van der Waals surface area (Å²) in [7, 11) is -3.78. The Labute approximate surface area is 154 Å². The van der Waals surface area contributed by atoms with Crippen molar-refractivity contribution in [3.05, 3.63) is 29.8 Å². The van der Waals surface area contributed by atoms with Crippen LogP contribution in [0.2, 0.25) is 0 Å². The van der Waals surface area contributed by atoms with Crippen LogP contribution in [0.25, 0.3) is 0 Å². The molecule has 2 amide bonds. The number of primary sulfonamides is 1. The smallest absolute Gasteiger partial charge is 0.251 e. The van der Waals surface area contributed by atoms with Crippen molar-refractivity contribution >= 4 is 21.8 Å². The molecule has 144 valence electrons. The standard InChI is InChI=1S/C17H26N4O4S/c1-11(18)17(23)21-9-7-13(8-10-21)12(2)20-16(22)14-3-5-15(6-4-14)26(19,24)25/h3-6,11-13H,7-10,18H2,1-2H3,(H,20,22)(H2,19,24,25)/t11-,12?/m0/s1. The predicted molar refractivity (Wildman–Crippen MR) is 97.7 cm³/mol. The molecule has 5 N–H and O–H groups in total. The Kier molecular flexibility index (Phi) is 6.38. The average Bonchev–Trinajstić information content (AvgIpc) is 2.60. The maximum Gasteiger partial charge on any atom is 0.251 e. The summed E-state index contributed by atoms with van der Waals surface area (Å²) in [6, 6.07) is 4.94. The number of hydrogen-bond donors (Lipinski definition) is 3. The zero-order valence-corrected chi connectivity index (χ0v) is 15.8. The van der Waals surface area contributed by atoms with Gasteiger partial charge in [-0.25, -0.2) is 13.6 Å². The van der Waals surface area contributed by atoms with Gasteiger partial charge in [0.1, 0.15) is 0 Å². The lowest BCUT2D eigenvalue weighted by molar-refractivity contribution is -0.133. The van der Waals surface area contributed by atoms with Crippen molar-refractivity contribution in [2.45, 2.75) is 43.7 Å². The predicted octanol–water partition coefficient (Wildman–Crippen LogP) is 0.0381. The van der Waals surface area contributed by atoms with Gasteiger partial charge in [0.25, 0.3) is 5.91 Å². The molecule has 1 aromatic carbocycles. The van der Waals surface area contributed by atoms with Crippen molar-refractivity contribution in [1.82, 2.24) is 10.2 Å². The number of benzene rings is 1. The number of sulfonamides is 1. The second kappa shape index (κ2) is 8.15. The van der Waals surface area contributed by atoms with Crippen molar-refractivity contribution in [3.8, 4) is 0 Å². The lowest BCUT2D eigenvalue weighted by Crippen LogP contribution is -2.49. The molecule has 0 aliphatic carbocycles. The van der Waals surface area contributed by atoms with Gasteiger partial charge in [0, 0.05) is 24.7 Å². The summed E-state index contributed by atoms with van der Waals surface area (Å²) in [5.74, 6) is -0.0533. The van der Waals surface area contributed by atoms with Crippen molar-refractivity contribution in [3.63, 3.8) is 0 Å². The Morgan fingerprint density at radius 3 is 2.15 bits per heavy atom. The number of likely N-dealkylation sites (tertiary alicyclic amines) is 1. The zero-order chi connectivity index (χ0) is 19.5. The average molecular weight is 382 g/mol. The van der Waals surface area contributed by atoms with Crippen LogP contribution in [0.4, 0.5) is 0 Å². The minimum Gasteiger partial charge on any atom is -0.349 e. The molecule has 8 nitrogen and oxygen atoms in total. The molecule has 2 atom stereocenters. The highest BCUT2D eigenvalue weighted by molar-refractivity contribution is 7.89. The molecule has 1 fully saturated rings. The molecular formula is C17H26N4O4S. The van der Waals surface area contributed by atoms with Crippen LogP contribution in [0, 0.1) is 5.92 Å². The second-order valence-corrected chi connectivity index (χ2v) is 8.34. The molecule has 1 unspecified atom stereocenters. The van der Waals surface area contributed by atoms with Gasteiger partial charge in [0.2, 0.25) is 15.9 Å². The molecule has 1 aliphatic rings. The molecule has 1 aromatic rings. The van der Waals surface area contributed by atoms with Gasteiger partial charge in [0.15, 0.2) is 0 Å². The first-order valence-corrected chi connectivity index (χ1v) is 10.1. The Morgan fingerprint density at radius 2 is 1.69 bits per heavy atom. The first-order chi connectivity index (χ1) is 12.1. The number of amides is 2. The van der Waals surface area contributed by atoms with E-state index < -0.39 is 16.1 Å². The molecule has 1 saturated heterocycles. The quantitative estimate of drug-likeness (QED) is 0.660. The third-order valence-electron chi connectivity index (χ3n) is 4.75. The number of nitrogens with one attached hydrogen (secondary N) is 1. The third-order valence-corrected chi connectivity index (χ3v) is 5.68. The molecule has 0 radical (unpaired) electrons. The molecule has 1 heterocycles. The topological polar surface area (TPSA) is 136 Å². The summed E-state index contributed by atoms with van der Waals surface area (Å²) in [6.07, 6.45) is 1.59. The van der Waals surface area contributed by atoms with Gasteiger partial charge in [-0.1, -0.05) is 0 Å². The van der Waals surface area contributed by atoms with Gasteiger partial charge >= 0.3 is 0 Å². The van der Waals surface area contributed by atoms with E-state index in [0.29, 0.717) is 18.7 Å². The number of hydrogen-bond acceptors (Lipinski definition) is 5. The first kappa shape index (κ1) is 20.3. The molecule has 26 heavy (non-hydrogen) atoms. The number of rotatable bonds is 5. The zero-order valence-electron chi connectivity index (χ0n) is 15.0. The van der Waals surface area contributed by atoms with Crippen LogP contribution in [0.1, 0.15) is 37.0 Å². The highest BCUT2D eigenvalue weighted by Crippen LogP contribution is 2.21. The highest BCUT2D eigenvalue weighted by atomic mass is 32.2. The highest BCUT2D eigenvalue weighted by Gasteiger charge is 2.28. The number of carbonyl (C=O) groups excluding carboxylic acids is 2. The van der Waals surface area contributed by atoms with E-state index in [-0.39, 0.29) is 28.7 Å². The summed E-state index contributed by atoms with van der Waals surface area (Å²) in [6.45, 7) is 4.88. The Hall–Kier alpha value is -1.97. The normalized spacial score (nSPS) is 18.2. The molecule has 2 rings (SSSR count). The van der Waals surface area contributed by atoms with Crippen LogP contribution < -0.4 is 16.2 Å². The Balaban J connectivity index is 1.91. The van der Waals surface area contributed by atoms with E-state index in [4.69, 9.17) is 10.9 Å². The molecular weight excluding hydrogens is 356 g/mol. The van der Waals surface area contributed by atoms with Crippen molar-refractivity contribution in [2.75, 3.05) is 13.1 Å². The lowest BCUT2D eigenvalue weighted by atomic mass is 9.90. The molecule has 1 aliphatic heterocycles. The summed E-state index contributed by atoms with van der Waals surface area (Å²) >= 11 is 0.